The summed E-state index contributed by atoms with van der Waals surface area (Å²) in [5.74, 6) is -0.0166. The first-order valence-electron chi connectivity index (χ1n) is 8.03. The molecule has 0 radical (unpaired) electrons. The number of piperidine rings is 1. The number of nitrogens with zero attached hydrogens (tertiary/aromatic N) is 2. The van der Waals surface area contributed by atoms with E-state index in [-0.39, 0.29) is 11.9 Å². The number of carbonyl (C=O) groups is 1. The third kappa shape index (κ3) is 3.64. The number of benzene rings is 1. The highest BCUT2D eigenvalue weighted by molar-refractivity contribution is 9.10. The van der Waals surface area contributed by atoms with Crippen LogP contribution in [0.25, 0.3) is 5.69 Å². The molecule has 2 heterocycles. The summed E-state index contributed by atoms with van der Waals surface area (Å²) in [7, 11) is 0. The minimum Gasteiger partial charge on any atom is -0.349 e. The molecular weight excluding hydrogens is 356 g/mol. The van der Waals surface area contributed by atoms with Crippen molar-refractivity contribution in [1.29, 1.82) is 0 Å². The first-order valence-corrected chi connectivity index (χ1v) is 8.82. The number of rotatable bonds is 4. The molecule has 5 nitrogen and oxygen atoms in total. The fourth-order valence-electron chi connectivity index (χ4n) is 2.94. The Hall–Kier alpha value is -1.66. The third-order valence-electron chi connectivity index (χ3n) is 4.19. The van der Waals surface area contributed by atoms with Crippen LogP contribution in [-0.2, 0) is 6.42 Å². The van der Waals surface area contributed by atoms with Gasteiger partial charge in [-0.2, -0.15) is 5.10 Å². The second-order valence-electron chi connectivity index (χ2n) is 5.74. The van der Waals surface area contributed by atoms with Gasteiger partial charge in [0.1, 0.15) is 0 Å². The Morgan fingerprint density at radius 3 is 2.70 bits per heavy atom. The van der Waals surface area contributed by atoms with Crippen molar-refractivity contribution >= 4 is 21.8 Å². The van der Waals surface area contributed by atoms with Gasteiger partial charge in [0.05, 0.1) is 23.1 Å². The number of aromatic nitrogens is 2. The summed E-state index contributed by atoms with van der Waals surface area (Å²) in [6, 6.07) is 8.19. The van der Waals surface area contributed by atoms with Crippen LogP contribution < -0.4 is 10.6 Å². The zero-order valence-electron chi connectivity index (χ0n) is 13.2. The van der Waals surface area contributed by atoms with E-state index in [1.807, 2.05) is 35.9 Å². The molecule has 2 aromatic rings. The molecule has 0 atom stereocenters. The van der Waals surface area contributed by atoms with Crippen molar-refractivity contribution < 1.29 is 4.79 Å². The summed E-state index contributed by atoms with van der Waals surface area (Å²) >= 11 is 3.44. The Labute approximate surface area is 144 Å². The second-order valence-corrected chi connectivity index (χ2v) is 6.66. The molecule has 0 bridgehead atoms. The largest absolute Gasteiger partial charge is 0.349 e. The summed E-state index contributed by atoms with van der Waals surface area (Å²) in [4.78, 5) is 12.6. The van der Waals surface area contributed by atoms with E-state index in [0.717, 1.165) is 48.2 Å². The lowest BCUT2D eigenvalue weighted by Gasteiger charge is -2.23. The molecular formula is C17H21BrN4O. The molecule has 1 aliphatic heterocycles. The maximum absolute atomic E-state index is 12.6. The fourth-order valence-corrected chi connectivity index (χ4v) is 3.20. The van der Waals surface area contributed by atoms with Gasteiger partial charge in [0.25, 0.3) is 5.91 Å². The van der Waals surface area contributed by atoms with Crippen LogP contribution in [0.5, 0.6) is 0 Å². The number of hydrogen-bond acceptors (Lipinski definition) is 3. The molecule has 6 heteroatoms. The molecule has 1 aromatic heterocycles. The summed E-state index contributed by atoms with van der Waals surface area (Å²) in [5.41, 5.74) is 2.58. The van der Waals surface area contributed by atoms with Crippen LogP contribution >= 0.6 is 15.9 Å². The first-order chi connectivity index (χ1) is 11.2. The Bertz CT molecular complexity index is 674. The Balaban J connectivity index is 1.82. The molecule has 0 spiro atoms. The van der Waals surface area contributed by atoms with Crippen molar-refractivity contribution in [2.45, 2.75) is 32.2 Å². The standard InChI is InChI=1S/C17H21BrN4O/c1-2-16-15(17(23)21-13-7-9-19-10-8-13)11-20-22(16)14-5-3-12(18)4-6-14/h3-6,11,13,19H,2,7-10H2,1H3,(H,21,23). The highest BCUT2D eigenvalue weighted by atomic mass is 79.9. The van der Waals surface area contributed by atoms with Crippen molar-refractivity contribution in [3.63, 3.8) is 0 Å². The molecule has 0 unspecified atom stereocenters. The Morgan fingerprint density at radius 2 is 2.04 bits per heavy atom. The molecule has 1 saturated heterocycles. The predicted octanol–water partition coefficient (Wildman–Crippen LogP) is 2.68. The summed E-state index contributed by atoms with van der Waals surface area (Å²) in [6.45, 7) is 3.97. The van der Waals surface area contributed by atoms with Gasteiger partial charge >= 0.3 is 0 Å². The van der Waals surface area contributed by atoms with Crippen molar-refractivity contribution in [3.8, 4) is 5.69 Å². The van der Waals surface area contributed by atoms with E-state index >= 15 is 0 Å². The zero-order valence-corrected chi connectivity index (χ0v) is 14.8. The van der Waals surface area contributed by atoms with Gasteiger partial charge in [0.2, 0.25) is 0 Å². The number of halogens is 1. The summed E-state index contributed by atoms with van der Waals surface area (Å²) in [6.07, 6.45) is 4.39. The third-order valence-corrected chi connectivity index (χ3v) is 4.72. The van der Waals surface area contributed by atoms with Crippen LogP contribution in [0, 0.1) is 0 Å². The first kappa shape index (κ1) is 16.2. The lowest BCUT2D eigenvalue weighted by Crippen LogP contribution is -2.42. The van der Waals surface area contributed by atoms with Crippen LogP contribution in [0.3, 0.4) is 0 Å². The maximum Gasteiger partial charge on any atom is 0.254 e. The predicted molar refractivity (Wildman–Crippen MR) is 94.0 cm³/mol. The molecule has 23 heavy (non-hydrogen) atoms. The van der Waals surface area contributed by atoms with Crippen LogP contribution in [0.1, 0.15) is 35.8 Å². The molecule has 0 saturated carbocycles. The quantitative estimate of drug-likeness (QED) is 0.862. The smallest absolute Gasteiger partial charge is 0.254 e. The highest BCUT2D eigenvalue weighted by Gasteiger charge is 2.21. The molecule has 1 aromatic carbocycles. The van der Waals surface area contributed by atoms with Gasteiger partial charge < -0.3 is 10.6 Å². The van der Waals surface area contributed by atoms with Gasteiger partial charge in [0.15, 0.2) is 0 Å². The molecule has 1 aliphatic rings. The van der Waals surface area contributed by atoms with Crippen molar-refractivity contribution in [1.82, 2.24) is 20.4 Å². The van der Waals surface area contributed by atoms with Crippen LogP contribution in [0.4, 0.5) is 0 Å². The molecule has 3 rings (SSSR count). The lowest BCUT2D eigenvalue weighted by molar-refractivity contribution is 0.0928. The minimum absolute atomic E-state index is 0.0166. The molecule has 1 fully saturated rings. The molecule has 2 N–H and O–H groups in total. The van der Waals surface area contributed by atoms with Crippen LogP contribution in [0.15, 0.2) is 34.9 Å². The number of carbonyl (C=O) groups excluding carboxylic acids is 1. The van der Waals surface area contributed by atoms with E-state index in [4.69, 9.17) is 0 Å². The van der Waals surface area contributed by atoms with Gasteiger partial charge in [-0.3, -0.25) is 4.79 Å². The lowest BCUT2D eigenvalue weighted by atomic mass is 10.1. The molecule has 0 aliphatic carbocycles. The highest BCUT2D eigenvalue weighted by Crippen LogP contribution is 2.19. The van der Waals surface area contributed by atoms with Gasteiger partial charge in [-0.05, 0) is 56.6 Å². The van der Waals surface area contributed by atoms with E-state index < -0.39 is 0 Å². The van der Waals surface area contributed by atoms with E-state index in [1.54, 1.807) is 6.20 Å². The van der Waals surface area contributed by atoms with E-state index in [1.165, 1.54) is 0 Å². The van der Waals surface area contributed by atoms with E-state index in [9.17, 15) is 4.79 Å². The van der Waals surface area contributed by atoms with Crippen LogP contribution in [0.2, 0.25) is 0 Å². The molecule has 1 amide bonds. The topological polar surface area (TPSA) is 59.0 Å². The number of hydrogen-bond donors (Lipinski definition) is 2. The van der Waals surface area contributed by atoms with Gasteiger partial charge in [-0.15, -0.1) is 0 Å². The Morgan fingerprint density at radius 1 is 1.35 bits per heavy atom. The van der Waals surface area contributed by atoms with Crippen LogP contribution in [-0.4, -0.2) is 34.8 Å². The Kier molecular flexibility index (Phi) is 5.13. The zero-order chi connectivity index (χ0) is 16.2. The fraction of sp³-hybridized carbons (Fsp3) is 0.412. The van der Waals surface area contributed by atoms with Crippen molar-refractivity contribution in [3.05, 3.63) is 46.2 Å². The van der Waals surface area contributed by atoms with Crippen molar-refractivity contribution in [2.75, 3.05) is 13.1 Å². The monoisotopic (exact) mass is 376 g/mol. The van der Waals surface area contributed by atoms with E-state index in [2.05, 4.69) is 31.7 Å². The normalized spacial score (nSPS) is 15.6. The molecule has 122 valence electrons. The summed E-state index contributed by atoms with van der Waals surface area (Å²) < 4.78 is 2.87. The van der Waals surface area contributed by atoms with Gasteiger partial charge in [-0.25, -0.2) is 4.68 Å². The maximum atomic E-state index is 12.6. The SMILES string of the molecule is CCc1c(C(=O)NC2CCNCC2)cnn1-c1ccc(Br)cc1. The summed E-state index contributed by atoms with van der Waals surface area (Å²) in [5, 5.41) is 10.9. The van der Waals surface area contributed by atoms with Gasteiger partial charge in [0, 0.05) is 10.5 Å². The van der Waals surface area contributed by atoms with Gasteiger partial charge in [-0.1, -0.05) is 22.9 Å². The van der Waals surface area contributed by atoms with Crippen molar-refractivity contribution in [2.24, 2.45) is 0 Å². The van der Waals surface area contributed by atoms with E-state index in [0.29, 0.717) is 5.56 Å². The second kappa shape index (κ2) is 7.27. The average Bonchev–Trinajstić information content (AvgIpc) is 3.00. The number of amides is 1. The number of nitrogens with one attached hydrogen (secondary N) is 2. The minimum atomic E-state index is -0.0166. The average molecular weight is 377 g/mol.